The Balaban J connectivity index is 1.89. The fraction of sp³-hybridized carbons (Fsp3) is 0.500. The molecule has 2 amide bonds. The first-order valence-electron chi connectivity index (χ1n) is 8.33. The smallest absolute Gasteiger partial charge is 0.306 e. The monoisotopic (exact) mass is 347 g/mol. The van der Waals surface area contributed by atoms with E-state index in [1.165, 1.54) is 7.11 Å². The summed E-state index contributed by atoms with van der Waals surface area (Å²) in [7, 11) is 5.17. The van der Waals surface area contributed by atoms with Gasteiger partial charge in [-0.15, -0.1) is 0 Å². The first kappa shape index (κ1) is 18.8. The van der Waals surface area contributed by atoms with Gasteiger partial charge >= 0.3 is 5.97 Å². The zero-order chi connectivity index (χ0) is 18.4. The highest BCUT2D eigenvalue weighted by Crippen LogP contribution is 2.16. The Hall–Kier alpha value is -2.57. The van der Waals surface area contributed by atoms with Crippen LogP contribution in [0.5, 0.6) is 0 Å². The van der Waals surface area contributed by atoms with Gasteiger partial charge in [0.1, 0.15) is 0 Å². The van der Waals surface area contributed by atoms with Gasteiger partial charge in [0.2, 0.25) is 5.91 Å². The number of hydrogen-bond donors (Lipinski definition) is 0. The number of piperazine rings is 1. The molecule has 7 heteroatoms. The van der Waals surface area contributed by atoms with E-state index in [1.54, 1.807) is 9.80 Å². The van der Waals surface area contributed by atoms with Crippen LogP contribution in [-0.2, 0) is 14.3 Å². The lowest BCUT2D eigenvalue weighted by atomic mass is 10.1. The number of esters is 1. The number of carbonyl (C=O) groups is 3. The quantitative estimate of drug-likeness (QED) is 0.743. The molecule has 7 nitrogen and oxygen atoms in total. The van der Waals surface area contributed by atoms with Crippen LogP contribution in [0.15, 0.2) is 24.3 Å². The van der Waals surface area contributed by atoms with E-state index in [9.17, 15) is 14.4 Å². The van der Waals surface area contributed by atoms with Crippen molar-refractivity contribution in [3.63, 3.8) is 0 Å². The zero-order valence-corrected chi connectivity index (χ0v) is 15.0. The molecule has 0 atom stereocenters. The summed E-state index contributed by atoms with van der Waals surface area (Å²) in [6.45, 7) is 1.96. The second-order valence-corrected chi connectivity index (χ2v) is 6.19. The Morgan fingerprint density at radius 3 is 2.28 bits per heavy atom. The highest BCUT2D eigenvalue weighted by Gasteiger charge is 2.25. The number of hydrogen-bond acceptors (Lipinski definition) is 5. The number of carbonyl (C=O) groups excluding carboxylic acids is 3. The van der Waals surface area contributed by atoms with E-state index in [0.29, 0.717) is 31.7 Å². The van der Waals surface area contributed by atoms with E-state index in [0.717, 1.165) is 5.69 Å². The van der Waals surface area contributed by atoms with Crippen LogP contribution in [-0.4, -0.2) is 75.0 Å². The topological polar surface area (TPSA) is 70.2 Å². The van der Waals surface area contributed by atoms with E-state index in [-0.39, 0.29) is 30.6 Å². The van der Waals surface area contributed by atoms with Gasteiger partial charge in [-0.2, -0.15) is 0 Å². The third-order valence-electron chi connectivity index (χ3n) is 4.30. The van der Waals surface area contributed by atoms with Crippen molar-refractivity contribution in [1.29, 1.82) is 0 Å². The Morgan fingerprint density at radius 2 is 1.68 bits per heavy atom. The number of ether oxygens (including phenoxy) is 1. The summed E-state index contributed by atoms with van der Waals surface area (Å²) in [6, 6.07) is 7.50. The van der Waals surface area contributed by atoms with Gasteiger partial charge in [-0.3, -0.25) is 14.4 Å². The molecule has 1 saturated heterocycles. The van der Waals surface area contributed by atoms with E-state index < -0.39 is 0 Å². The van der Waals surface area contributed by atoms with Crippen molar-refractivity contribution < 1.29 is 19.1 Å². The maximum atomic E-state index is 12.6. The first-order chi connectivity index (χ1) is 11.9. The van der Waals surface area contributed by atoms with Gasteiger partial charge in [-0.1, -0.05) is 6.07 Å². The lowest BCUT2D eigenvalue weighted by Gasteiger charge is -2.35. The number of rotatable bonds is 5. The molecule has 1 aromatic carbocycles. The highest BCUT2D eigenvalue weighted by atomic mass is 16.5. The summed E-state index contributed by atoms with van der Waals surface area (Å²) in [5.74, 6) is -0.486. The molecule has 1 fully saturated rings. The summed E-state index contributed by atoms with van der Waals surface area (Å²) in [6.07, 6.45) is 0.233. The Bertz CT molecular complexity index is 637. The third-order valence-corrected chi connectivity index (χ3v) is 4.30. The molecular formula is C18H25N3O4. The molecule has 0 aromatic heterocycles. The van der Waals surface area contributed by atoms with Crippen LogP contribution in [0.2, 0.25) is 0 Å². The van der Waals surface area contributed by atoms with Crippen LogP contribution < -0.4 is 4.90 Å². The highest BCUT2D eigenvalue weighted by molar-refractivity contribution is 5.95. The Labute approximate surface area is 148 Å². The minimum Gasteiger partial charge on any atom is -0.469 e. The van der Waals surface area contributed by atoms with Crippen LogP contribution in [0.1, 0.15) is 23.2 Å². The van der Waals surface area contributed by atoms with Gasteiger partial charge in [0.15, 0.2) is 0 Å². The summed E-state index contributed by atoms with van der Waals surface area (Å²) in [5.41, 5.74) is 1.62. The van der Waals surface area contributed by atoms with Gasteiger partial charge in [0.25, 0.3) is 5.91 Å². The summed E-state index contributed by atoms with van der Waals surface area (Å²) < 4.78 is 4.55. The minimum atomic E-state index is -0.386. The molecule has 0 saturated carbocycles. The number of nitrogens with zero attached hydrogens (tertiary/aromatic N) is 3. The number of amides is 2. The molecule has 0 spiro atoms. The number of methoxy groups -OCH3 is 1. The average Bonchev–Trinajstić information content (AvgIpc) is 2.65. The zero-order valence-electron chi connectivity index (χ0n) is 15.0. The van der Waals surface area contributed by atoms with Crippen LogP contribution in [0.3, 0.4) is 0 Å². The van der Waals surface area contributed by atoms with Crippen LogP contribution >= 0.6 is 0 Å². The van der Waals surface area contributed by atoms with Crippen molar-refractivity contribution in [2.75, 3.05) is 52.3 Å². The van der Waals surface area contributed by atoms with Crippen molar-refractivity contribution >= 4 is 23.5 Å². The van der Waals surface area contributed by atoms with Crippen LogP contribution in [0, 0.1) is 0 Å². The molecule has 0 radical (unpaired) electrons. The molecule has 2 rings (SSSR count). The van der Waals surface area contributed by atoms with Gasteiger partial charge < -0.3 is 19.4 Å². The number of anilines is 1. The van der Waals surface area contributed by atoms with E-state index in [4.69, 9.17) is 0 Å². The molecule has 136 valence electrons. The summed E-state index contributed by atoms with van der Waals surface area (Å²) in [4.78, 5) is 41.3. The van der Waals surface area contributed by atoms with Gasteiger partial charge in [0, 0.05) is 57.9 Å². The lowest BCUT2D eigenvalue weighted by Crippen LogP contribution is -2.50. The predicted molar refractivity (Wildman–Crippen MR) is 94.5 cm³/mol. The molecular weight excluding hydrogens is 322 g/mol. The van der Waals surface area contributed by atoms with Crippen molar-refractivity contribution in [1.82, 2.24) is 9.80 Å². The van der Waals surface area contributed by atoms with Gasteiger partial charge in [-0.05, 0) is 18.2 Å². The first-order valence-corrected chi connectivity index (χ1v) is 8.33. The predicted octanol–water partition coefficient (Wildman–Crippen LogP) is 0.990. The van der Waals surface area contributed by atoms with Crippen LogP contribution in [0.4, 0.5) is 5.69 Å². The Morgan fingerprint density at radius 1 is 1.04 bits per heavy atom. The molecule has 0 unspecified atom stereocenters. The molecule has 0 bridgehead atoms. The molecule has 1 heterocycles. The second kappa shape index (κ2) is 8.50. The van der Waals surface area contributed by atoms with E-state index >= 15 is 0 Å². The molecule has 1 aliphatic heterocycles. The summed E-state index contributed by atoms with van der Waals surface area (Å²) >= 11 is 0. The largest absolute Gasteiger partial charge is 0.469 e. The minimum absolute atomic E-state index is 0.0228. The maximum Gasteiger partial charge on any atom is 0.306 e. The fourth-order valence-electron chi connectivity index (χ4n) is 2.73. The molecule has 0 N–H and O–H groups in total. The normalized spacial score (nSPS) is 14.2. The standard InChI is InChI=1S/C18H25N3O4/c1-19(2)15-6-4-5-14(13-15)18(24)21-11-9-20(10-12-21)16(22)7-8-17(23)25-3/h4-6,13H,7-12H2,1-3H3. The lowest BCUT2D eigenvalue weighted by molar-refractivity contribution is -0.143. The molecule has 1 aromatic rings. The fourth-order valence-corrected chi connectivity index (χ4v) is 2.73. The van der Waals surface area contributed by atoms with Crippen molar-refractivity contribution in [3.05, 3.63) is 29.8 Å². The maximum absolute atomic E-state index is 12.6. The average molecular weight is 347 g/mol. The van der Waals surface area contributed by atoms with Gasteiger partial charge in [-0.25, -0.2) is 0 Å². The van der Waals surface area contributed by atoms with E-state index in [1.807, 2.05) is 43.3 Å². The second-order valence-electron chi connectivity index (χ2n) is 6.19. The Kier molecular flexibility index (Phi) is 6.38. The van der Waals surface area contributed by atoms with Crippen molar-refractivity contribution in [2.24, 2.45) is 0 Å². The van der Waals surface area contributed by atoms with Gasteiger partial charge in [0.05, 0.1) is 13.5 Å². The molecule has 0 aliphatic carbocycles. The molecule has 1 aliphatic rings. The third kappa shape index (κ3) is 4.95. The summed E-state index contributed by atoms with van der Waals surface area (Å²) in [5, 5.41) is 0. The SMILES string of the molecule is COC(=O)CCC(=O)N1CCN(C(=O)c2cccc(N(C)C)c2)CC1. The molecule has 25 heavy (non-hydrogen) atoms. The van der Waals surface area contributed by atoms with Crippen molar-refractivity contribution in [3.8, 4) is 0 Å². The number of benzene rings is 1. The van der Waals surface area contributed by atoms with E-state index in [2.05, 4.69) is 4.74 Å². The van der Waals surface area contributed by atoms with Crippen molar-refractivity contribution in [2.45, 2.75) is 12.8 Å². The van der Waals surface area contributed by atoms with Crippen LogP contribution in [0.25, 0.3) is 0 Å².